The van der Waals surface area contributed by atoms with E-state index in [0.717, 1.165) is 30.2 Å². The zero-order valence-electron chi connectivity index (χ0n) is 17.3. The lowest BCUT2D eigenvalue weighted by Gasteiger charge is -2.21. The predicted octanol–water partition coefficient (Wildman–Crippen LogP) is 5.10. The van der Waals surface area contributed by atoms with Gasteiger partial charge in [-0.05, 0) is 62.7 Å². The first-order valence-electron chi connectivity index (χ1n) is 10.0. The first kappa shape index (κ1) is 20.4. The highest BCUT2D eigenvalue weighted by molar-refractivity contribution is 6.03. The van der Waals surface area contributed by atoms with Crippen molar-refractivity contribution >= 4 is 23.0 Å². The maximum absolute atomic E-state index is 12.6. The Kier molecular flexibility index (Phi) is 6.85. The van der Waals surface area contributed by atoms with Crippen molar-refractivity contribution in [1.82, 2.24) is 4.98 Å². The molecule has 1 aromatic heterocycles. The molecule has 150 valence electrons. The van der Waals surface area contributed by atoms with Crippen LogP contribution < -0.4 is 15.5 Å². The summed E-state index contributed by atoms with van der Waals surface area (Å²) in [7, 11) is 0. The van der Waals surface area contributed by atoms with Crippen molar-refractivity contribution in [2.24, 2.45) is 0 Å². The zero-order valence-corrected chi connectivity index (χ0v) is 17.3. The first-order valence-corrected chi connectivity index (χ1v) is 10.0. The van der Waals surface area contributed by atoms with Crippen molar-refractivity contribution in [3.63, 3.8) is 0 Å². The van der Waals surface area contributed by atoms with Crippen LogP contribution in [0.5, 0.6) is 0 Å². The number of carbonyl (C=O) groups is 1. The number of rotatable bonds is 8. The van der Waals surface area contributed by atoms with Crippen LogP contribution in [0.15, 0.2) is 66.9 Å². The van der Waals surface area contributed by atoms with Crippen molar-refractivity contribution in [2.45, 2.75) is 27.3 Å². The molecule has 2 N–H and O–H groups in total. The number of anilines is 3. The van der Waals surface area contributed by atoms with Gasteiger partial charge in [0.2, 0.25) is 0 Å². The lowest BCUT2D eigenvalue weighted by molar-refractivity contribution is 0.102. The van der Waals surface area contributed by atoms with Gasteiger partial charge in [0.1, 0.15) is 5.69 Å². The highest BCUT2D eigenvalue weighted by atomic mass is 16.1. The third-order valence-electron chi connectivity index (χ3n) is 4.86. The number of nitrogens with zero attached hydrogens (tertiary/aromatic N) is 2. The molecule has 0 fully saturated rings. The molecule has 1 heterocycles. The Hall–Kier alpha value is -3.34. The van der Waals surface area contributed by atoms with E-state index >= 15 is 0 Å². The molecule has 0 atom stereocenters. The molecule has 1 amide bonds. The summed E-state index contributed by atoms with van der Waals surface area (Å²) in [5.74, 6) is -0.223. The summed E-state index contributed by atoms with van der Waals surface area (Å²) in [5, 5.41) is 6.27. The van der Waals surface area contributed by atoms with Gasteiger partial charge in [-0.15, -0.1) is 0 Å². The summed E-state index contributed by atoms with van der Waals surface area (Å²) in [6.45, 7) is 8.93. The highest BCUT2D eigenvalue weighted by Crippen LogP contribution is 2.19. The number of amides is 1. The largest absolute Gasteiger partial charge is 0.381 e. The van der Waals surface area contributed by atoms with Crippen LogP contribution in [0.4, 0.5) is 17.1 Å². The fraction of sp³-hybridized carbons (Fsp3) is 0.250. The Labute approximate surface area is 172 Å². The van der Waals surface area contributed by atoms with E-state index in [4.69, 9.17) is 0 Å². The van der Waals surface area contributed by atoms with E-state index in [2.05, 4.69) is 65.6 Å². The molecular formula is C24H28N4O. The van der Waals surface area contributed by atoms with Gasteiger partial charge >= 0.3 is 0 Å². The van der Waals surface area contributed by atoms with Crippen LogP contribution in [0, 0.1) is 6.92 Å². The molecule has 0 bridgehead atoms. The maximum atomic E-state index is 12.6. The second-order valence-corrected chi connectivity index (χ2v) is 6.94. The minimum atomic E-state index is -0.223. The molecule has 0 aliphatic heterocycles. The summed E-state index contributed by atoms with van der Waals surface area (Å²) in [4.78, 5) is 19.1. The number of carbonyl (C=O) groups excluding carboxylic acids is 1. The lowest BCUT2D eigenvalue weighted by atomic mass is 10.1. The molecule has 5 nitrogen and oxygen atoms in total. The first-order chi connectivity index (χ1) is 14.1. The molecule has 0 unspecified atom stereocenters. The molecule has 0 saturated heterocycles. The minimum Gasteiger partial charge on any atom is -0.381 e. The predicted molar refractivity (Wildman–Crippen MR) is 121 cm³/mol. The average molecular weight is 389 g/mol. The molecule has 0 radical (unpaired) electrons. The number of nitrogens with one attached hydrogen (secondary N) is 2. The van der Waals surface area contributed by atoms with Crippen LogP contribution in [-0.4, -0.2) is 24.0 Å². The van der Waals surface area contributed by atoms with Gasteiger partial charge in [-0.1, -0.05) is 29.8 Å². The van der Waals surface area contributed by atoms with Gasteiger partial charge in [-0.3, -0.25) is 9.78 Å². The van der Waals surface area contributed by atoms with Crippen LogP contribution in [-0.2, 0) is 6.54 Å². The zero-order chi connectivity index (χ0) is 20.6. The van der Waals surface area contributed by atoms with Crippen molar-refractivity contribution < 1.29 is 4.79 Å². The molecule has 3 rings (SSSR count). The number of pyridine rings is 1. The van der Waals surface area contributed by atoms with Gasteiger partial charge in [-0.25, -0.2) is 0 Å². The van der Waals surface area contributed by atoms with Crippen LogP contribution in [0.25, 0.3) is 0 Å². The Morgan fingerprint density at radius 3 is 2.28 bits per heavy atom. The molecule has 29 heavy (non-hydrogen) atoms. The summed E-state index contributed by atoms with van der Waals surface area (Å²) in [5.41, 5.74) is 5.57. The highest BCUT2D eigenvalue weighted by Gasteiger charge is 2.09. The van der Waals surface area contributed by atoms with E-state index in [0.29, 0.717) is 12.2 Å². The topological polar surface area (TPSA) is 57.3 Å². The van der Waals surface area contributed by atoms with E-state index in [1.807, 2.05) is 30.3 Å². The quantitative estimate of drug-likeness (QED) is 0.564. The van der Waals surface area contributed by atoms with Crippen molar-refractivity contribution in [3.8, 4) is 0 Å². The normalized spacial score (nSPS) is 10.4. The molecule has 0 saturated carbocycles. The fourth-order valence-electron chi connectivity index (χ4n) is 3.11. The number of aryl methyl sites for hydroxylation is 1. The number of aromatic nitrogens is 1. The van der Waals surface area contributed by atoms with Gasteiger partial charge in [-0.2, -0.15) is 0 Å². The molecule has 3 aromatic rings. The Balaban J connectivity index is 1.62. The smallest absolute Gasteiger partial charge is 0.274 e. The summed E-state index contributed by atoms with van der Waals surface area (Å²) in [6, 6.07) is 19.9. The Morgan fingerprint density at radius 1 is 0.931 bits per heavy atom. The second kappa shape index (κ2) is 9.73. The van der Waals surface area contributed by atoms with Crippen molar-refractivity contribution in [3.05, 3.63) is 83.7 Å². The van der Waals surface area contributed by atoms with Crippen LogP contribution >= 0.6 is 0 Å². The molecule has 5 heteroatoms. The van der Waals surface area contributed by atoms with Crippen molar-refractivity contribution in [2.75, 3.05) is 28.6 Å². The molecule has 0 aliphatic rings. The van der Waals surface area contributed by atoms with Gasteiger partial charge in [0, 0.05) is 42.9 Å². The van der Waals surface area contributed by atoms with E-state index < -0.39 is 0 Å². The molecule has 0 aliphatic carbocycles. The third kappa shape index (κ3) is 5.57. The van der Waals surface area contributed by atoms with Gasteiger partial charge in [0.15, 0.2) is 0 Å². The van der Waals surface area contributed by atoms with Gasteiger partial charge in [0.25, 0.3) is 5.91 Å². The standard InChI is InChI=1S/C24H28N4O/c1-4-28(5-2)22-12-10-20(11-13-22)27-24(29)23-16-21(14-15-25-23)26-17-19-8-6-18(3)7-9-19/h6-16H,4-5,17H2,1-3H3,(H,25,26)(H,27,29). The monoisotopic (exact) mass is 388 g/mol. The van der Waals surface area contributed by atoms with E-state index in [9.17, 15) is 4.79 Å². The third-order valence-corrected chi connectivity index (χ3v) is 4.86. The minimum absolute atomic E-state index is 0.223. The SMILES string of the molecule is CCN(CC)c1ccc(NC(=O)c2cc(NCc3ccc(C)cc3)ccn2)cc1. The Bertz CT molecular complexity index is 932. The summed E-state index contributed by atoms with van der Waals surface area (Å²) >= 11 is 0. The number of benzene rings is 2. The molecule has 0 spiro atoms. The van der Waals surface area contributed by atoms with Crippen molar-refractivity contribution in [1.29, 1.82) is 0 Å². The van der Waals surface area contributed by atoms with Gasteiger partial charge < -0.3 is 15.5 Å². The fourth-order valence-corrected chi connectivity index (χ4v) is 3.11. The van der Waals surface area contributed by atoms with E-state index in [-0.39, 0.29) is 5.91 Å². The maximum Gasteiger partial charge on any atom is 0.274 e. The number of hydrogen-bond acceptors (Lipinski definition) is 4. The van der Waals surface area contributed by atoms with E-state index in [1.54, 1.807) is 12.3 Å². The summed E-state index contributed by atoms with van der Waals surface area (Å²) in [6.07, 6.45) is 1.65. The number of hydrogen-bond donors (Lipinski definition) is 2. The lowest BCUT2D eigenvalue weighted by Crippen LogP contribution is -2.21. The molecule has 2 aromatic carbocycles. The van der Waals surface area contributed by atoms with Crippen LogP contribution in [0.3, 0.4) is 0 Å². The summed E-state index contributed by atoms with van der Waals surface area (Å²) < 4.78 is 0. The average Bonchev–Trinajstić information content (AvgIpc) is 2.75. The van der Waals surface area contributed by atoms with E-state index in [1.165, 1.54) is 11.1 Å². The van der Waals surface area contributed by atoms with Crippen LogP contribution in [0.2, 0.25) is 0 Å². The van der Waals surface area contributed by atoms with Gasteiger partial charge in [0.05, 0.1) is 0 Å². The van der Waals surface area contributed by atoms with Crippen LogP contribution in [0.1, 0.15) is 35.5 Å². The Morgan fingerprint density at radius 2 is 1.62 bits per heavy atom. The second-order valence-electron chi connectivity index (χ2n) is 6.94. The molecular weight excluding hydrogens is 360 g/mol.